The van der Waals surface area contributed by atoms with Crippen LogP contribution < -0.4 is 5.73 Å². The second-order valence-corrected chi connectivity index (χ2v) is 3.46. The SMILES string of the molecule is CCc1ccncc1C(CN)CC(=O)O. The van der Waals surface area contributed by atoms with Gasteiger partial charge in [0.15, 0.2) is 0 Å². The first-order chi connectivity index (χ1) is 7.19. The van der Waals surface area contributed by atoms with Gasteiger partial charge in [-0.15, -0.1) is 0 Å². The first-order valence-electron chi connectivity index (χ1n) is 5.03. The molecule has 1 unspecified atom stereocenters. The largest absolute Gasteiger partial charge is 0.481 e. The van der Waals surface area contributed by atoms with Crippen molar-refractivity contribution in [2.75, 3.05) is 6.54 Å². The van der Waals surface area contributed by atoms with Crippen LogP contribution in [0.2, 0.25) is 0 Å². The Balaban J connectivity index is 2.95. The number of hydrogen-bond donors (Lipinski definition) is 2. The standard InChI is InChI=1S/C11H16N2O2/c1-2-8-3-4-13-7-10(8)9(6-12)5-11(14)15/h3-4,7,9H,2,5-6,12H2,1H3,(H,14,15). The zero-order chi connectivity index (χ0) is 11.3. The molecule has 82 valence electrons. The molecule has 1 aromatic rings. The molecule has 3 N–H and O–H groups in total. The van der Waals surface area contributed by atoms with Crippen LogP contribution in [0.25, 0.3) is 0 Å². The minimum absolute atomic E-state index is 0.0647. The van der Waals surface area contributed by atoms with Gasteiger partial charge < -0.3 is 10.8 Å². The Labute approximate surface area is 89.1 Å². The van der Waals surface area contributed by atoms with Crippen LogP contribution in [0.1, 0.15) is 30.4 Å². The fourth-order valence-corrected chi connectivity index (χ4v) is 1.66. The Morgan fingerprint density at radius 3 is 2.93 bits per heavy atom. The lowest BCUT2D eigenvalue weighted by Gasteiger charge is -2.15. The predicted molar refractivity (Wildman–Crippen MR) is 57.7 cm³/mol. The average Bonchev–Trinajstić information content (AvgIpc) is 2.25. The van der Waals surface area contributed by atoms with Gasteiger partial charge >= 0.3 is 5.97 Å². The van der Waals surface area contributed by atoms with Crippen LogP contribution in [0.15, 0.2) is 18.5 Å². The maximum Gasteiger partial charge on any atom is 0.304 e. The summed E-state index contributed by atoms with van der Waals surface area (Å²) in [5, 5.41) is 8.76. The molecule has 0 spiro atoms. The summed E-state index contributed by atoms with van der Waals surface area (Å²) in [5.41, 5.74) is 7.68. The van der Waals surface area contributed by atoms with E-state index >= 15 is 0 Å². The summed E-state index contributed by atoms with van der Waals surface area (Å²) in [6.45, 7) is 2.37. The van der Waals surface area contributed by atoms with Crippen molar-refractivity contribution in [2.45, 2.75) is 25.7 Å². The van der Waals surface area contributed by atoms with Gasteiger partial charge in [-0.05, 0) is 30.2 Å². The van der Waals surface area contributed by atoms with Gasteiger partial charge in [0.25, 0.3) is 0 Å². The van der Waals surface area contributed by atoms with E-state index in [1.165, 1.54) is 0 Å². The number of aliphatic carboxylic acids is 1. The minimum Gasteiger partial charge on any atom is -0.481 e. The number of nitrogens with zero attached hydrogens (tertiary/aromatic N) is 1. The summed E-state index contributed by atoms with van der Waals surface area (Å²) in [7, 11) is 0. The molecule has 0 aromatic carbocycles. The molecule has 0 amide bonds. The van der Waals surface area contributed by atoms with Crippen molar-refractivity contribution < 1.29 is 9.90 Å². The number of aryl methyl sites for hydroxylation is 1. The molecule has 0 saturated carbocycles. The number of hydrogen-bond acceptors (Lipinski definition) is 3. The second-order valence-electron chi connectivity index (χ2n) is 3.46. The summed E-state index contributed by atoms with van der Waals surface area (Å²) < 4.78 is 0. The minimum atomic E-state index is -0.823. The fourth-order valence-electron chi connectivity index (χ4n) is 1.66. The number of pyridine rings is 1. The maximum absolute atomic E-state index is 10.7. The lowest BCUT2D eigenvalue weighted by atomic mass is 9.92. The molecule has 0 radical (unpaired) electrons. The third-order valence-electron chi connectivity index (χ3n) is 2.47. The number of carbonyl (C=O) groups is 1. The zero-order valence-electron chi connectivity index (χ0n) is 8.81. The molecular formula is C11H16N2O2. The second kappa shape index (κ2) is 5.46. The van der Waals surface area contributed by atoms with Crippen LogP contribution in [0.3, 0.4) is 0 Å². The van der Waals surface area contributed by atoms with Gasteiger partial charge in [0, 0.05) is 18.3 Å². The summed E-state index contributed by atoms with van der Waals surface area (Å²) >= 11 is 0. The first-order valence-corrected chi connectivity index (χ1v) is 5.03. The summed E-state index contributed by atoms with van der Waals surface area (Å²) in [6, 6.07) is 1.92. The molecule has 0 bridgehead atoms. The van der Waals surface area contributed by atoms with Gasteiger partial charge in [-0.25, -0.2) is 0 Å². The Bertz CT molecular complexity index is 339. The van der Waals surface area contributed by atoms with Crippen LogP contribution in [0.4, 0.5) is 0 Å². The first kappa shape index (κ1) is 11.7. The molecule has 0 aliphatic rings. The fraction of sp³-hybridized carbons (Fsp3) is 0.455. The van der Waals surface area contributed by atoms with Gasteiger partial charge in [-0.3, -0.25) is 9.78 Å². The van der Waals surface area contributed by atoms with Crippen molar-refractivity contribution in [3.05, 3.63) is 29.6 Å². The van der Waals surface area contributed by atoms with Crippen molar-refractivity contribution in [3.63, 3.8) is 0 Å². The van der Waals surface area contributed by atoms with E-state index in [-0.39, 0.29) is 12.3 Å². The smallest absolute Gasteiger partial charge is 0.304 e. The molecule has 1 atom stereocenters. The zero-order valence-corrected chi connectivity index (χ0v) is 8.81. The van der Waals surface area contributed by atoms with Crippen LogP contribution >= 0.6 is 0 Å². The lowest BCUT2D eigenvalue weighted by Crippen LogP contribution is -2.17. The topological polar surface area (TPSA) is 76.2 Å². The van der Waals surface area contributed by atoms with E-state index in [1.54, 1.807) is 12.4 Å². The third kappa shape index (κ3) is 3.02. The van der Waals surface area contributed by atoms with Crippen molar-refractivity contribution in [1.29, 1.82) is 0 Å². The number of carboxylic acids is 1. The van der Waals surface area contributed by atoms with Crippen LogP contribution in [-0.2, 0) is 11.2 Å². The van der Waals surface area contributed by atoms with Crippen LogP contribution in [-0.4, -0.2) is 22.6 Å². The predicted octanol–water partition coefficient (Wildman–Crippen LogP) is 1.16. The quantitative estimate of drug-likeness (QED) is 0.761. The molecule has 4 nitrogen and oxygen atoms in total. The van der Waals surface area contributed by atoms with Crippen molar-refractivity contribution in [2.24, 2.45) is 5.73 Å². The monoisotopic (exact) mass is 208 g/mol. The van der Waals surface area contributed by atoms with E-state index in [0.717, 1.165) is 17.5 Å². The Kier molecular flexibility index (Phi) is 4.24. The highest BCUT2D eigenvalue weighted by molar-refractivity contribution is 5.68. The number of carboxylic acid groups (broad SMARTS) is 1. The van der Waals surface area contributed by atoms with E-state index in [4.69, 9.17) is 10.8 Å². The molecule has 0 saturated heterocycles. The summed E-state index contributed by atoms with van der Waals surface area (Å²) in [5.74, 6) is -0.956. The van der Waals surface area contributed by atoms with E-state index < -0.39 is 5.97 Å². The highest BCUT2D eigenvalue weighted by Gasteiger charge is 2.16. The van der Waals surface area contributed by atoms with Gasteiger partial charge in [-0.1, -0.05) is 6.92 Å². The maximum atomic E-state index is 10.7. The van der Waals surface area contributed by atoms with E-state index in [2.05, 4.69) is 4.98 Å². The number of aromatic nitrogens is 1. The highest BCUT2D eigenvalue weighted by Crippen LogP contribution is 2.21. The summed E-state index contributed by atoms with van der Waals surface area (Å²) in [4.78, 5) is 14.7. The van der Waals surface area contributed by atoms with Crippen molar-refractivity contribution in [3.8, 4) is 0 Å². The molecule has 1 rings (SSSR count). The summed E-state index contributed by atoms with van der Waals surface area (Å²) in [6.07, 6.45) is 4.37. The molecular weight excluding hydrogens is 192 g/mol. The molecule has 1 heterocycles. The molecule has 0 aliphatic heterocycles. The van der Waals surface area contributed by atoms with Gasteiger partial charge in [0.2, 0.25) is 0 Å². The molecule has 0 fully saturated rings. The molecule has 0 aliphatic carbocycles. The van der Waals surface area contributed by atoms with Crippen molar-refractivity contribution in [1.82, 2.24) is 4.98 Å². The van der Waals surface area contributed by atoms with Gasteiger partial charge in [-0.2, -0.15) is 0 Å². The van der Waals surface area contributed by atoms with E-state index in [1.807, 2.05) is 13.0 Å². The van der Waals surface area contributed by atoms with E-state index in [0.29, 0.717) is 6.54 Å². The number of rotatable bonds is 5. The Morgan fingerprint density at radius 1 is 1.67 bits per heavy atom. The average molecular weight is 208 g/mol. The number of nitrogens with two attached hydrogens (primary N) is 1. The normalized spacial score (nSPS) is 12.4. The van der Waals surface area contributed by atoms with Crippen LogP contribution in [0, 0.1) is 0 Å². The molecule has 4 heteroatoms. The third-order valence-corrected chi connectivity index (χ3v) is 2.47. The van der Waals surface area contributed by atoms with Gasteiger partial charge in [0.1, 0.15) is 0 Å². The molecule has 15 heavy (non-hydrogen) atoms. The van der Waals surface area contributed by atoms with Gasteiger partial charge in [0.05, 0.1) is 6.42 Å². The highest BCUT2D eigenvalue weighted by atomic mass is 16.4. The van der Waals surface area contributed by atoms with Crippen LogP contribution in [0.5, 0.6) is 0 Å². The Morgan fingerprint density at radius 2 is 2.40 bits per heavy atom. The van der Waals surface area contributed by atoms with Crippen molar-refractivity contribution >= 4 is 5.97 Å². The Hall–Kier alpha value is -1.42. The molecule has 1 aromatic heterocycles. The lowest BCUT2D eigenvalue weighted by molar-refractivity contribution is -0.137. The van der Waals surface area contributed by atoms with E-state index in [9.17, 15) is 4.79 Å².